The molecule has 3 heterocycles. The Kier molecular flexibility index (Phi) is 10.2. The molecule has 40 heavy (non-hydrogen) atoms. The molecule has 12 nitrogen and oxygen atoms in total. The molecule has 1 aliphatic rings. The Hall–Kier alpha value is -4.74. The highest BCUT2D eigenvalue weighted by molar-refractivity contribution is 5.96. The molecule has 0 saturated carbocycles. The minimum Gasteiger partial charge on any atom is -0.383 e. The lowest BCUT2D eigenvalue weighted by Gasteiger charge is -2.24. The van der Waals surface area contributed by atoms with E-state index in [1.54, 1.807) is 29.3 Å². The Morgan fingerprint density at radius 1 is 0.925 bits per heavy atom. The lowest BCUT2D eigenvalue weighted by atomic mass is 10.0. The Labute approximate surface area is 232 Å². The zero-order valence-corrected chi connectivity index (χ0v) is 22.2. The van der Waals surface area contributed by atoms with E-state index in [0.29, 0.717) is 37.4 Å². The van der Waals surface area contributed by atoms with Crippen molar-refractivity contribution < 1.29 is 19.2 Å². The van der Waals surface area contributed by atoms with Gasteiger partial charge in [0.25, 0.3) is 5.91 Å². The number of benzene rings is 1. The lowest BCUT2D eigenvalue weighted by Crippen LogP contribution is -2.50. The molecule has 210 valence electrons. The molecule has 0 saturated heterocycles. The van der Waals surface area contributed by atoms with Crippen molar-refractivity contribution in [2.75, 3.05) is 38.0 Å². The van der Waals surface area contributed by atoms with E-state index >= 15 is 0 Å². The molecule has 12 heteroatoms. The lowest BCUT2D eigenvalue weighted by molar-refractivity contribution is -0.131. The molecule has 1 aliphatic heterocycles. The van der Waals surface area contributed by atoms with E-state index in [1.165, 1.54) is 6.20 Å². The smallest absolute Gasteiger partial charge is 0.270 e. The van der Waals surface area contributed by atoms with Gasteiger partial charge in [-0.25, -0.2) is 0 Å². The Morgan fingerprint density at radius 2 is 1.75 bits per heavy atom. The van der Waals surface area contributed by atoms with Gasteiger partial charge in [0.15, 0.2) is 0 Å². The second-order valence-electron chi connectivity index (χ2n) is 9.46. The molecule has 0 radical (unpaired) electrons. The third-order valence-corrected chi connectivity index (χ3v) is 6.44. The van der Waals surface area contributed by atoms with Crippen molar-refractivity contribution in [1.82, 2.24) is 36.0 Å². The number of carbonyl (C=O) groups is 4. The van der Waals surface area contributed by atoms with E-state index in [0.717, 1.165) is 5.56 Å². The van der Waals surface area contributed by atoms with Crippen LogP contribution in [0.4, 0.5) is 5.69 Å². The molecule has 4 amide bonds. The van der Waals surface area contributed by atoms with E-state index in [9.17, 15) is 19.2 Å². The molecule has 0 aliphatic carbocycles. The summed E-state index contributed by atoms with van der Waals surface area (Å²) in [6.45, 7) is 1.63. The maximum Gasteiger partial charge on any atom is 0.270 e. The molecule has 3 aromatic rings. The van der Waals surface area contributed by atoms with Crippen molar-refractivity contribution in [1.29, 1.82) is 0 Å². The quantitative estimate of drug-likeness (QED) is 0.321. The highest BCUT2D eigenvalue weighted by Crippen LogP contribution is 2.10. The number of pyridine rings is 1. The molecular weight excluding hydrogens is 512 g/mol. The fourth-order valence-corrected chi connectivity index (χ4v) is 4.34. The van der Waals surface area contributed by atoms with Crippen molar-refractivity contribution in [3.63, 3.8) is 0 Å². The summed E-state index contributed by atoms with van der Waals surface area (Å²) in [6, 6.07) is 13.6. The molecular formula is C28H34N8O4. The van der Waals surface area contributed by atoms with Crippen molar-refractivity contribution in [2.24, 2.45) is 0 Å². The molecule has 2 aromatic heterocycles. The van der Waals surface area contributed by atoms with E-state index in [4.69, 9.17) is 0 Å². The summed E-state index contributed by atoms with van der Waals surface area (Å²) in [4.78, 5) is 57.5. The second-order valence-corrected chi connectivity index (χ2v) is 9.46. The van der Waals surface area contributed by atoms with Gasteiger partial charge in [0.2, 0.25) is 17.7 Å². The summed E-state index contributed by atoms with van der Waals surface area (Å²) in [7, 11) is 0. The second kappa shape index (κ2) is 14.4. The molecule has 1 aromatic carbocycles. The normalized spacial score (nSPS) is 17.8. The largest absolute Gasteiger partial charge is 0.383 e. The molecule has 0 fully saturated rings. The van der Waals surface area contributed by atoms with Crippen molar-refractivity contribution in [3.05, 3.63) is 77.9 Å². The van der Waals surface area contributed by atoms with Crippen LogP contribution in [0, 0.1) is 0 Å². The summed E-state index contributed by atoms with van der Waals surface area (Å²) in [5, 5.41) is 18.4. The third-order valence-electron chi connectivity index (χ3n) is 6.44. The Balaban J connectivity index is 1.50. The number of carbonyl (C=O) groups excluding carboxylic acids is 4. The third kappa shape index (κ3) is 8.65. The van der Waals surface area contributed by atoms with E-state index < -0.39 is 11.9 Å². The van der Waals surface area contributed by atoms with Crippen LogP contribution in [-0.2, 0) is 27.2 Å². The first-order chi connectivity index (χ1) is 19.5. The maximum absolute atomic E-state index is 13.3. The number of hydrogen-bond donors (Lipinski definition) is 5. The van der Waals surface area contributed by atoms with Crippen molar-refractivity contribution in [3.8, 4) is 0 Å². The topological polar surface area (TPSA) is 161 Å². The molecule has 5 N–H and O–H groups in total. The number of aromatic amines is 1. The molecule has 1 atom stereocenters. The van der Waals surface area contributed by atoms with Gasteiger partial charge in [-0.15, -0.1) is 0 Å². The first-order valence-corrected chi connectivity index (χ1v) is 13.3. The number of nitrogens with zero attached hydrogens (tertiary/aromatic N) is 3. The van der Waals surface area contributed by atoms with Gasteiger partial charge in [0.1, 0.15) is 11.7 Å². The number of fused-ring (bicyclic) bond motifs is 2. The first kappa shape index (κ1) is 28.3. The minimum atomic E-state index is -0.855. The van der Waals surface area contributed by atoms with Crippen LogP contribution < -0.4 is 21.3 Å². The number of aromatic nitrogens is 3. The fourth-order valence-electron chi connectivity index (χ4n) is 4.34. The van der Waals surface area contributed by atoms with Gasteiger partial charge in [-0.1, -0.05) is 30.3 Å². The molecule has 0 spiro atoms. The van der Waals surface area contributed by atoms with Gasteiger partial charge < -0.3 is 26.2 Å². The summed E-state index contributed by atoms with van der Waals surface area (Å²) in [5.41, 5.74) is 2.40. The monoisotopic (exact) mass is 546 g/mol. The van der Waals surface area contributed by atoms with Crippen molar-refractivity contribution in [2.45, 2.75) is 31.7 Å². The number of rotatable bonds is 4. The van der Waals surface area contributed by atoms with Gasteiger partial charge in [-0.2, -0.15) is 5.10 Å². The van der Waals surface area contributed by atoms with Gasteiger partial charge >= 0.3 is 0 Å². The van der Waals surface area contributed by atoms with Crippen LogP contribution in [0.2, 0.25) is 0 Å². The molecule has 4 rings (SSSR count). The zero-order valence-electron chi connectivity index (χ0n) is 22.2. The first-order valence-electron chi connectivity index (χ1n) is 13.3. The average molecular weight is 547 g/mol. The maximum atomic E-state index is 13.3. The minimum absolute atomic E-state index is 0.118. The van der Waals surface area contributed by atoms with Crippen LogP contribution in [0.1, 0.15) is 34.6 Å². The van der Waals surface area contributed by atoms with Gasteiger partial charge in [-0.3, -0.25) is 29.3 Å². The predicted molar refractivity (Wildman–Crippen MR) is 148 cm³/mol. The number of amides is 4. The van der Waals surface area contributed by atoms with E-state index in [2.05, 4.69) is 36.4 Å². The highest BCUT2D eigenvalue weighted by Gasteiger charge is 2.23. The molecule has 2 bridgehead atoms. The summed E-state index contributed by atoms with van der Waals surface area (Å²) < 4.78 is 0. The van der Waals surface area contributed by atoms with Gasteiger partial charge in [0, 0.05) is 69.3 Å². The van der Waals surface area contributed by atoms with Gasteiger partial charge in [0.05, 0.1) is 6.42 Å². The average Bonchev–Trinajstić information content (AvgIpc) is 3.47. The van der Waals surface area contributed by atoms with Crippen LogP contribution >= 0.6 is 0 Å². The summed E-state index contributed by atoms with van der Waals surface area (Å²) in [5.74, 6) is -1.12. The van der Waals surface area contributed by atoms with E-state index in [1.807, 2.05) is 30.3 Å². The van der Waals surface area contributed by atoms with Crippen LogP contribution in [0.25, 0.3) is 0 Å². The van der Waals surface area contributed by atoms with Crippen LogP contribution in [0.5, 0.6) is 0 Å². The fraction of sp³-hybridized carbons (Fsp3) is 0.357. The number of anilines is 1. The Morgan fingerprint density at radius 3 is 2.55 bits per heavy atom. The van der Waals surface area contributed by atoms with Crippen LogP contribution in [0.3, 0.4) is 0 Å². The molecule has 0 unspecified atom stereocenters. The van der Waals surface area contributed by atoms with Crippen LogP contribution in [-0.4, -0.2) is 82.5 Å². The SMILES string of the molecule is O=C1CCCN(C(=O)Cc2ccn[nH]2)CCNC(=O)[C@H](Cc2ccccc2)NC(=O)c2cc(ccn2)NCCN1. The number of H-pyrrole nitrogens is 1. The Bertz CT molecular complexity index is 1280. The number of nitrogens with one attached hydrogen (secondary N) is 5. The zero-order chi connectivity index (χ0) is 28.2. The summed E-state index contributed by atoms with van der Waals surface area (Å²) in [6.07, 6.45) is 4.24. The predicted octanol–water partition coefficient (Wildman–Crippen LogP) is 0.655. The van der Waals surface area contributed by atoms with Crippen LogP contribution in [0.15, 0.2) is 60.9 Å². The standard InChI is InChI=1S/C28H34N8O4/c37-25-7-4-15-36(26(38)19-22-9-11-33-35-22)16-14-32-27(39)24(17-20-5-2-1-3-6-20)34-28(40)23-18-21(8-10-30-23)29-12-13-31-25/h1-3,5-6,8-11,18,24,29H,4,7,12-17,19H2,(H,31,37)(H,32,39)(H,33,35)(H,34,40)/t24-/m0/s1. The number of hydrogen-bond acceptors (Lipinski definition) is 7. The van der Waals surface area contributed by atoms with Gasteiger partial charge in [-0.05, 0) is 30.2 Å². The highest BCUT2D eigenvalue weighted by atomic mass is 16.2. The van der Waals surface area contributed by atoms with Crippen molar-refractivity contribution >= 4 is 29.3 Å². The summed E-state index contributed by atoms with van der Waals surface area (Å²) >= 11 is 0. The van der Waals surface area contributed by atoms with E-state index in [-0.39, 0.29) is 55.8 Å².